The van der Waals surface area contributed by atoms with Gasteiger partial charge in [-0.3, -0.25) is 9.36 Å². The van der Waals surface area contributed by atoms with E-state index in [9.17, 15) is 10.1 Å². The molecule has 6 heteroatoms. The first-order chi connectivity index (χ1) is 12.5. The number of nitrogens with zero attached hydrogens (tertiary/aromatic N) is 4. The minimum Gasteiger partial charge on any atom is -0.297 e. The summed E-state index contributed by atoms with van der Waals surface area (Å²) in [6.45, 7) is 4.36. The lowest BCUT2D eigenvalue weighted by molar-refractivity contribution is 0.499. The van der Waals surface area contributed by atoms with E-state index in [-0.39, 0.29) is 18.0 Å². The van der Waals surface area contributed by atoms with Gasteiger partial charge in [0.2, 0.25) is 0 Å². The number of thiophene rings is 1. The molecule has 0 N–H and O–H groups in total. The van der Waals surface area contributed by atoms with Crippen molar-refractivity contribution in [2.45, 2.75) is 33.2 Å². The van der Waals surface area contributed by atoms with E-state index in [0.29, 0.717) is 23.1 Å². The maximum Gasteiger partial charge on any atom is 0.262 e. The van der Waals surface area contributed by atoms with Gasteiger partial charge in [0.25, 0.3) is 5.56 Å². The molecule has 1 unspecified atom stereocenters. The largest absolute Gasteiger partial charge is 0.297 e. The molecule has 1 aromatic carbocycles. The molecule has 0 aliphatic carbocycles. The molecule has 0 saturated carbocycles. The third kappa shape index (κ3) is 3.37. The third-order valence-corrected chi connectivity index (χ3v) is 5.47. The van der Waals surface area contributed by atoms with Crippen molar-refractivity contribution in [1.82, 2.24) is 9.55 Å². The van der Waals surface area contributed by atoms with E-state index in [2.05, 4.69) is 37.0 Å². The molecular formula is C20H18N4OS. The fraction of sp³-hybridized carbons (Fsp3) is 0.300. The highest BCUT2D eigenvalue weighted by atomic mass is 32.1. The highest BCUT2D eigenvalue weighted by Crippen LogP contribution is 2.31. The number of hydrogen-bond donors (Lipinski definition) is 0. The van der Waals surface area contributed by atoms with Gasteiger partial charge in [-0.05, 0) is 37.0 Å². The van der Waals surface area contributed by atoms with E-state index in [1.807, 2.05) is 17.5 Å². The Morgan fingerprint density at radius 1 is 1.27 bits per heavy atom. The molecule has 3 aromatic rings. The van der Waals surface area contributed by atoms with E-state index in [4.69, 9.17) is 5.26 Å². The Kier molecular flexibility index (Phi) is 5.16. The summed E-state index contributed by atoms with van der Waals surface area (Å²) in [5, 5.41) is 20.5. The van der Waals surface area contributed by atoms with Crippen molar-refractivity contribution in [1.29, 1.82) is 10.5 Å². The molecule has 0 fully saturated rings. The van der Waals surface area contributed by atoms with Crippen molar-refractivity contribution in [3.8, 4) is 23.3 Å². The average molecular weight is 362 g/mol. The van der Waals surface area contributed by atoms with Crippen LogP contribution in [0.15, 0.2) is 34.7 Å². The average Bonchev–Trinajstić information content (AvgIpc) is 3.07. The third-order valence-electron chi connectivity index (χ3n) is 4.58. The van der Waals surface area contributed by atoms with E-state index in [1.165, 1.54) is 33.4 Å². The molecule has 0 aliphatic heterocycles. The second kappa shape index (κ2) is 7.51. The number of fused-ring (bicyclic) bond motifs is 1. The van der Waals surface area contributed by atoms with Gasteiger partial charge in [-0.25, -0.2) is 4.98 Å². The van der Waals surface area contributed by atoms with Crippen molar-refractivity contribution >= 4 is 21.6 Å². The number of aryl methyl sites for hydroxylation is 2. The normalized spacial score (nSPS) is 11.8. The molecule has 0 amide bonds. The van der Waals surface area contributed by atoms with Gasteiger partial charge < -0.3 is 0 Å². The summed E-state index contributed by atoms with van der Waals surface area (Å²) in [7, 11) is 0. The molecule has 2 aromatic heterocycles. The van der Waals surface area contributed by atoms with E-state index < -0.39 is 0 Å². The smallest absolute Gasteiger partial charge is 0.262 e. The van der Waals surface area contributed by atoms with Crippen LogP contribution in [0.3, 0.4) is 0 Å². The molecule has 0 spiro atoms. The summed E-state index contributed by atoms with van der Waals surface area (Å²) in [6, 6.07) is 10.4. The molecule has 3 rings (SSSR count). The number of nitriles is 2. The Bertz CT molecular complexity index is 1100. The van der Waals surface area contributed by atoms with Crippen molar-refractivity contribution in [3.05, 3.63) is 51.4 Å². The van der Waals surface area contributed by atoms with Crippen LogP contribution in [0, 0.1) is 42.4 Å². The number of rotatable bonds is 5. The van der Waals surface area contributed by atoms with Crippen LogP contribution in [0.25, 0.3) is 21.3 Å². The van der Waals surface area contributed by atoms with Crippen LogP contribution in [-0.4, -0.2) is 9.55 Å². The molecule has 0 bridgehead atoms. The van der Waals surface area contributed by atoms with Crippen LogP contribution in [0.2, 0.25) is 0 Å². The van der Waals surface area contributed by atoms with Crippen LogP contribution < -0.4 is 5.56 Å². The Labute approximate surface area is 155 Å². The maximum absolute atomic E-state index is 13.0. The molecule has 1 atom stereocenters. The van der Waals surface area contributed by atoms with E-state index in [0.717, 1.165) is 11.1 Å². The summed E-state index contributed by atoms with van der Waals surface area (Å²) in [5.74, 6) is -0.379. The monoisotopic (exact) mass is 362 g/mol. The van der Waals surface area contributed by atoms with Crippen molar-refractivity contribution < 1.29 is 0 Å². The Morgan fingerprint density at radius 3 is 2.77 bits per heavy atom. The minimum absolute atomic E-state index is 0.137. The zero-order chi connectivity index (χ0) is 18.7. The first-order valence-corrected chi connectivity index (χ1v) is 9.24. The molecule has 2 heterocycles. The molecule has 26 heavy (non-hydrogen) atoms. The highest BCUT2D eigenvalue weighted by Gasteiger charge is 2.16. The predicted octanol–water partition coefficient (Wildman–Crippen LogP) is 4.19. The molecule has 0 saturated heterocycles. The molecule has 5 nitrogen and oxygen atoms in total. The first-order valence-electron chi connectivity index (χ1n) is 8.36. The van der Waals surface area contributed by atoms with E-state index in [1.54, 1.807) is 0 Å². The Morgan fingerprint density at radius 2 is 2.08 bits per heavy atom. The maximum atomic E-state index is 13.0. The minimum atomic E-state index is -0.379. The SMILES string of the molecule is Cc1ccc(-c2csc3ncn(CC(C#N)CCC#N)c(=O)c23)cc1C. The topological polar surface area (TPSA) is 82.5 Å². The highest BCUT2D eigenvalue weighted by molar-refractivity contribution is 7.17. The van der Waals surface area contributed by atoms with Crippen LogP contribution in [0.5, 0.6) is 0 Å². The van der Waals surface area contributed by atoms with Gasteiger partial charge in [-0.15, -0.1) is 11.3 Å². The van der Waals surface area contributed by atoms with Gasteiger partial charge in [0.1, 0.15) is 4.83 Å². The summed E-state index contributed by atoms with van der Waals surface area (Å²) in [6.07, 6.45) is 2.25. The van der Waals surface area contributed by atoms with Crippen LogP contribution in [0.4, 0.5) is 0 Å². The van der Waals surface area contributed by atoms with Gasteiger partial charge in [0.05, 0.1) is 29.8 Å². The Hall–Kier alpha value is -2.96. The zero-order valence-electron chi connectivity index (χ0n) is 14.7. The van der Waals surface area contributed by atoms with Gasteiger partial charge >= 0.3 is 0 Å². The number of benzene rings is 1. The van der Waals surface area contributed by atoms with Gasteiger partial charge in [0, 0.05) is 23.9 Å². The first kappa shape index (κ1) is 17.8. The standard InChI is InChI=1S/C20H18N4OS/c1-13-5-6-16(8-14(13)2)17-11-26-19-18(17)20(25)24(12-23-19)10-15(9-22)4-3-7-21/h5-6,8,11-12,15H,3-4,10H2,1-2H3. The quantitative estimate of drug-likeness (QED) is 0.681. The lowest BCUT2D eigenvalue weighted by Crippen LogP contribution is -2.24. The predicted molar refractivity (Wildman–Crippen MR) is 103 cm³/mol. The van der Waals surface area contributed by atoms with Gasteiger partial charge in [-0.1, -0.05) is 18.2 Å². The second-order valence-corrected chi connectivity index (χ2v) is 7.21. The second-order valence-electron chi connectivity index (χ2n) is 6.35. The summed E-state index contributed by atoms with van der Waals surface area (Å²) in [5.41, 5.74) is 4.12. The van der Waals surface area contributed by atoms with Gasteiger partial charge in [0.15, 0.2) is 0 Å². The van der Waals surface area contributed by atoms with Gasteiger partial charge in [-0.2, -0.15) is 10.5 Å². The van der Waals surface area contributed by atoms with Crippen molar-refractivity contribution in [2.24, 2.45) is 5.92 Å². The molecule has 130 valence electrons. The summed E-state index contributed by atoms with van der Waals surface area (Å²) < 4.78 is 1.49. The lowest BCUT2D eigenvalue weighted by Gasteiger charge is -2.10. The van der Waals surface area contributed by atoms with Crippen LogP contribution >= 0.6 is 11.3 Å². The molecule has 0 aliphatic rings. The van der Waals surface area contributed by atoms with Crippen molar-refractivity contribution in [2.75, 3.05) is 0 Å². The fourth-order valence-electron chi connectivity index (χ4n) is 2.89. The molecule has 0 radical (unpaired) electrons. The lowest BCUT2D eigenvalue weighted by atomic mass is 10.0. The number of hydrogen-bond acceptors (Lipinski definition) is 5. The molecular weight excluding hydrogens is 344 g/mol. The fourth-order valence-corrected chi connectivity index (χ4v) is 3.80. The summed E-state index contributed by atoms with van der Waals surface area (Å²) in [4.78, 5) is 18.1. The zero-order valence-corrected chi connectivity index (χ0v) is 15.5. The Balaban J connectivity index is 2.06. The van der Waals surface area contributed by atoms with Crippen LogP contribution in [-0.2, 0) is 6.54 Å². The van der Waals surface area contributed by atoms with Crippen LogP contribution in [0.1, 0.15) is 24.0 Å². The summed E-state index contributed by atoms with van der Waals surface area (Å²) >= 11 is 1.45. The van der Waals surface area contributed by atoms with Crippen molar-refractivity contribution in [3.63, 3.8) is 0 Å². The number of aromatic nitrogens is 2. The van der Waals surface area contributed by atoms with E-state index >= 15 is 0 Å².